The summed E-state index contributed by atoms with van der Waals surface area (Å²) in [5, 5.41) is 7.79. The van der Waals surface area contributed by atoms with E-state index in [1.807, 2.05) is 0 Å². The van der Waals surface area contributed by atoms with Gasteiger partial charge in [0.2, 0.25) is 0 Å². The summed E-state index contributed by atoms with van der Waals surface area (Å²) in [5.74, 6) is 0. The number of rotatable bonds is 9. The fraction of sp³-hybridized carbons (Fsp3) is 0.0152. The molecule has 0 saturated heterocycles. The monoisotopic (exact) mass is 879 g/mol. The molecule has 10 aromatic carbocycles. The minimum Gasteiger partial charge on any atom is -0.309 e. The first kappa shape index (κ1) is 40.2. The molecule has 0 spiro atoms. The Bertz CT molecular complexity index is 3770. The molecule has 0 atom stereocenters. The average molecular weight is 880 g/mol. The molecule has 0 saturated carbocycles. The Morgan fingerprint density at radius 1 is 0.348 bits per heavy atom. The van der Waals surface area contributed by atoms with Gasteiger partial charge in [0.15, 0.2) is 0 Å². The third-order valence-electron chi connectivity index (χ3n) is 14.1. The number of benzene rings is 10. The molecule has 2 aromatic heterocycles. The van der Waals surface area contributed by atoms with Gasteiger partial charge in [-0.25, -0.2) is 4.52 Å². The van der Waals surface area contributed by atoms with Gasteiger partial charge in [-0.05, 0) is 74.8 Å². The highest BCUT2D eigenvalue weighted by Crippen LogP contribution is 2.58. The predicted octanol–water partition coefficient (Wildman–Crippen LogP) is 17.0. The summed E-state index contributed by atoms with van der Waals surface area (Å²) in [6.45, 7) is 0. The van der Waals surface area contributed by atoms with Crippen LogP contribution in [0, 0.1) is 0 Å². The Balaban J connectivity index is 1.16. The Hall–Kier alpha value is -9.05. The van der Waals surface area contributed by atoms with E-state index in [1.54, 1.807) is 0 Å². The highest BCUT2D eigenvalue weighted by Gasteiger charge is 2.46. The fourth-order valence-corrected chi connectivity index (χ4v) is 11.1. The molecule has 3 heteroatoms. The normalized spacial score (nSPS) is 12.5. The molecule has 0 amide bonds. The van der Waals surface area contributed by atoms with Crippen molar-refractivity contribution in [2.24, 2.45) is 0 Å². The number of hydrogen-bond donors (Lipinski definition) is 0. The summed E-state index contributed by atoms with van der Waals surface area (Å²) in [6, 6.07) is 99.3. The third-order valence-corrected chi connectivity index (χ3v) is 14.1. The van der Waals surface area contributed by atoms with Gasteiger partial charge in [-0.3, -0.25) is 0 Å². The molecule has 0 unspecified atom stereocenters. The number of hydrogen-bond acceptors (Lipinski definition) is 2. The van der Waals surface area contributed by atoms with Gasteiger partial charge in [-0.1, -0.05) is 243 Å². The number of pyridine rings is 1. The van der Waals surface area contributed by atoms with E-state index >= 15 is 0 Å². The first-order valence-electron chi connectivity index (χ1n) is 23.7. The Labute approximate surface area is 402 Å². The zero-order valence-electron chi connectivity index (χ0n) is 37.8. The molecule has 324 valence electrons. The zero-order chi connectivity index (χ0) is 45.7. The Morgan fingerprint density at radius 3 is 1.51 bits per heavy atom. The van der Waals surface area contributed by atoms with Crippen molar-refractivity contribution in [3.8, 4) is 55.9 Å². The van der Waals surface area contributed by atoms with Gasteiger partial charge in [0.1, 0.15) is 5.69 Å². The van der Waals surface area contributed by atoms with Crippen LogP contribution in [-0.2, 0) is 5.41 Å². The molecule has 0 aliphatic heterocycles. The SMILES string of the molecule is c1ccc(-c2ccccc2N(c2ccc3c(c2)C(c2ccccc2)(c2ccccc2)c2ccccc2-3)c2cccc3c2cc(-c2ccccc2)n2nc(-c4ccccc4)c(-c4ccccc4)c32)cc1. The van der Waals surface area contributed by atoms with Crippen molar-refractivity contribution in [2.45, 2.75) is 5.41 Å². The molecule has 1 aliphatic rings. The quantitative estimate of drug-likeness (QED) is 0.144. The minimum absolute atomic E-state index is 0.573. The molecular weight excluding hydrogens is 835 g/mol. The van der Waals surface area contributed by atoms with E-state index in [2.05, 4.69) is 282 Å². The maximum Gasteiger partial charge on any atom is 0.101 e. The molecule has 0 N–H and O–H groups in total. The number of anilines is 3. The fourth-order valence-electron chi connectivity index (χ4n) is 11.1. The number of aromatic nitrogens is 2. The second-order valence-corrected chi connectivity index (χ2v) is 17.8. The van der Waals surface area contributed by atoms with Gasteiger partial charge < -0.3 is 4.90 Å². The van der Waals surface area contributed by atoms with Crippen molar-refractivity contribution in [3.05, 3.63) is 295 Å². The van der Waals surface area contributed by atoms with Gasteiger partial charge >= 0.3 is 0 Å². The summed E-state index contributed by atoms with van der Waals surface area (Å²) in [4.78, 5) is 2.51. The molecule has 1 aliphatic carbocycles. The summed E-state index contributed by atoms with van der Waals surface area (Å²) < 4.78 is 2.19. The van der Waals surface area contributed by atoms with E-state index in [4.69, 9.17) is 5.10 Å². The summed E-state index contributed by atoms with van der Waals surface area (Å²) in [5.41, 5.74) is 19.8. The first-order valence-corrected chi connectivity index (χ1v) is 23.7. The van der Waals surface area contributed by atoms with Gasteiger partial charge in [0.05, 0.1) is 28.0 Å². The van der Waals surface area contributed by atoms with Gasteiger partial charge in [-0.2, -0.15) is 5.10 Å². The standard InChI is InChI=1S/C66H45N3/c1-7-24-46(25-8-1)53-36-20-22-40-60(53)68(52-42-43-55-54-37-19-21-39-58(54)66(59(55)44-52,50-32-15-5-16-33-50)51-34-17-6-18-35-51)61-41-23-38-56-57(61)45-62(47-26-9-2-10-27-47)69-65(56)63(48-28-11-3-12-29-48)64(67-69)49-30-13-4-14-31-49/h1-45H. The lowest BCUT2D eigenvalue weighted by molar-refractivity contribution is 0.768. The van der Waals surface area contributed by atoms with Crippen LogP contribution < -0.4 is 4.90 Å². The van der Waals surface area contributed by atoms with E-state index in [-0.39, 0.29) is 0 Å². The van der Waals surface area contributed by atoms with Crippen molar-refractivity contribution in [3.63, 3.8) is 0 Å². The summed E-state index contributed by atoms with van der Waals surface area (Å²) in [7, 11) is 0. The molecule has 12 aromatic rings. The van der Waals surface area contributed by atoms with Gasteiger partial charge in [0, 0.05) is 38.7 Å². The molecule has 2 heterocycles. The van der Waals surface area contributed by atoms with Crippen molar-refractivity contribution in [2.75, 3.05) is 4.90 Å². The van der Waals surface area contributed by atoms with Crippen LogP contribution in [0.25, 0.3) is 72.2 Å². The van der Waals surface area contributed by atoms with E-state index in [0.717, 1.165) is 78.1 Å². The van der Waals surface area contributed by atoms with Crippen molar-refractivity contribution in [1.29, 1.82) is 0 Å². The lowest BCUT2D eigenvalue weighted by Gasteiger charge is -2.35. The highest BCUT2D eigenvalue weighted by molar-refractivity contribution is 6.13. The van der Waals surface area contributed by atoms with E-state index < -0.39 is 5.41 Å². The van der Waals surface area contributed by atoms with E-state index in [0.29, 0.717) is 0 Å². The summed E-state index contributed by atoms with van der Waals surface area (Å²) in [6.07, 6.45) is 0. The van der Waals surface area contributed by atoms with Crippen LogP contribution in [0.15, 0.2) is 273 Å². The van der Waals surface area contributed by atoms with Gasteiger partial charge in [-0.15, -0.1) is 0 Å². The van der Waals surface area contributed by atoms with Crippen LogP contribution in [0.1, 0.15) is 22.3 Å². The van der Waals surface area contributed by atoms with Gasteiger partial charge in [0.25, 0.3) is 0 Å². The number of fused-ring (bicyclic) bond motifs is 6. The van der Waals surface area contributed by atoms with Crippen LogP contribution >= 0.6 is 0 Å². The van der Waals surface area contributed by atoms with Crippen LogP contribution in [0.3, 0.4) is 0 Å². The smallest absolute Gasteiger partial charge is 0.101 e. The number of para-hydroxylation sites is 1. The molecule has 3 nitrogen and oxygen atoms in total. The van der Waals surface area contributed by atoms with Crippen molar-refractivity contribution < 1.29 is 0 Å². The van der Waals surface area contributed by atoms with E-state index in [9.17, 15) is 0 Å². The molecule has 0 radical (unpaired) electrons. The molecule has 69 heavy (non-hydrogen) atoms. The van der Waals surface area contributed by atoms with Crippen LogP contribution in [0.4, 0.5) is 17.1 Å². The largest absolute Gasteiger partial charge is 0.309 e. The lowest BCUT2D eigenvalue weighted by Crippen LogP contribution is -2.28. The van der Waals surface area contributed by atoms with Crippen LogP contribution in [-0.4, -0.2) is 9.61 Å². The second kappa shape index (κ2) is 16.7. The minimum atomic E-state index is -0.573. The summed E-state index contributed by atoms with van der Waals surface area (Å²) >= 11 is 0. The topological polar surface area (TPSA) is 20.5 Å². The lowest BCUT2D eigenvalue weighted by atomic mass is 9.67. The predicted molar refractivity (Wildman–Crippen MR) is 286 cm³/mol. The van der Waals surface area contributed by atoms with Crippen LogP contribution in [0.2, 0.25) is 0 Å². The third kappa shape index (κ3) is 6.47. The molecular formula is C66H45N3. The molecule has 0 bridgehead atoms. The van der Waals surface area contributed by atoms with E-state index in [1.165, 1.54) is 33.4 Å². The first-order chi connectivity index (χ1) is 34.3. The Morgan fingerprint density at radius 2 is 0.855 bits per heavy atom. The maximum atomic E-state index is 5.57. The molecule has 13 rings (SSSR count). The zero-order valence-corrected chi connectivity index (χ0v) is 37.8. The second-order valence-electron chi connectivity index (χ2n) is 17.8. The highest BCUT2D eigenvalue weighted by atomic mass is 15.2. The average Bonchev–Trinajstić information content (AvgIpc) is 3.98. The van der Waals surface area contributed by atoms with Crippen molar-refractivity contribution >= 4 is 33.4 Å². The molecule has 0 fully saturated rings. The number of nitrogens with zero attached hydrogens (tertiary/aromatic N) is 3. The maximum absolute atomic E-state index is 5.57. The Kier molecular flexibility index (Phi) is 9.73. The van der Waals surface area contributed by atoms with Crippen LogP contribution in [0.5, 0.6) is 0 Å². The van der Waals surface area contributed by atoms with Crippen molar-refractivity contribution in [1.82, 2.24) is 9.61 Å².